The molecule has 0 spiro atoms. The summed E-state index contributed by atoms with van der Waals surface area (Å²) in [6, 6.07) is 10.5. The summed E-state index contributed by atoms with van der Waals surface area (Å²) in [4.78, 5) is 27.8. The first-order valence-corrected chi connectivity index (χ1v) is 11.7. The van der Waals surface area contributed by atoms with Gasteiger partial charge in [0.15, 0.2) is 0 Å². The fourth-order valence-electron chi connectivity index (χ4n) is 7.05. The summed E-state index contributed by atoms with van der Waals surface area (Å²) in [6.07, 6.45) is 10.7. The first-order valence-electron chi connectivity index (χ1n) is 11.7. The molecule has 156 valence electrons. The van der Waals surface area contributed by atoms with Crippen molar-refractivity contribution in [3.05, 3.63) is 35.9 Å². The average molecular weight is 395 g/mol. The van der Waals surface area contributed by atoms with E-state index in [2.05, 4.69) is 17.4 Å². The molecule has 4 heteroatoms. The van der Waals surface area contributed by atoms with Crippen LogP contribution in [0.5, 0.6) is 0 Å². The minimum absolute atomic E-state index is 0.0581. The molecular formula is C25H34N2O2. The molecule has 4 saturated carbocycles. The molecular weight excluding hydrogens is 360 g/mol. The molecule has 2 amide bonds. The molecule has 0 aromatic heterocycles. The maximum Gasteiger partial charge on any atom is 0.226 e. The van der Waals surface area contributed by atoms with Gasteiger partial charge < -0.3 is 10.2 Å². The van der Waals surface area contributed by atoms with E-state index in [0.717, 1.165) is 69.4 Å². The zero-order chi connectivity index (χ0) is 19.8. The third kappa shape index (κ3) is 3.95. The molecule has 0 radical (unpaired) electrons. The van der Waals surface area contributed by atoms with Gasteiger partial charge in [0.1, 0.15) is 0 Å². The molecule has 5 aliphatic rings. The van der Waals surface area contributed by atoms with Crippen molar-refractivity contribution in [3.8, 4) is 0 Å². The third-order valence-corrected chi connectivity index (χ3v) is 8.17. The molecule has 29 heavy (non-hydrogen) atoms. The van der Waals surface area contributed by atoms with Crippen molar-refractivity contribution in [2.24, 2.45) is 23.2 Å². The minimum atomic E-state index is -0.0581. The predicted octanol–water partition coefficient (Wildman–Crippen LogP) is 3.94. The molecule has 1 saturated heterocycles. The number of nitrogens with zero attached hydrogens (tertiary/aromatic N) is 1. The van der Waals surface area contributed by atoms with Gasteiger partial charge in [-0.1, -0.05) is 30.3 Å². The Morgan fingerprint density at radius 1 is 0.931 bits per heavy atom. The van der Waals surface area contributed by atoms with Crippen LogP contribution in [0.1, 0.15) is 63.4 Å². The van der Waals surface area contributed by atoms with Crippen molar-refractivity contribution in [3.63, 3.8) is 0 Å². The monoisotopic (exact) mass is 394 g/mol. The third-order valence-electron chi connectivity index (χ3n) is 8.17. The summed E-state index contributed by atoms with van der Waals surface area (Å²) >= 11 is 0. The van der Waals surface area contributed by atoms with Crippen molar-refractivity contribution in [2.75, 3.05) is 13.1 Å². The summed E-state index contributed by atoms with van der Waals surface area (Å²) in [5.41, 5.74) is 1.16. The molecule has 1 aromatic rings. The van der Waals surface area contributed by atoms with Gasteiger partial charge in [0.05, 0.1) is 0 Å². The molecule has 6 rings (SSSR count). The average Bonchev–Trinajstić information content (AvgIpc) is 2.72. The van der Waals surface area contributed by atoms with E-state index in [4.69, 9.17) is 0 Å². The van der Waals surface area contributed by atoms with Gasteiger partial charge in [-0.3, -0.25) is 9.59 Å². The lowest BCUT2D eigenvalue weighted by Crippen LogP contribution is -2.56. The quantitative estimate of drug-likeness (QED) is 0.822. The molecule has 0 atom stereocenters. The van der Waals surface area contributed by atoms with Gasteiger partial charge in [-0.05, 0) is 81.1 Å². The van der Waals surface area contributed by atoms with Crippen LogP contribution in [0, 0.1) is 23.2 Å². The molecule has 4 aliphatic carbocycles. The van der Waals surface area contributed by atoms with E-state index in [9.17, 15) is 9.59 Å². The molecule has 1 aliphatic heterocycles. The predicted molar refractivity (Wildman–Crippen MR) is 113 cm³/mol. The lowest BCUT2D eigenvalue weighted by molar-refractivity contribution is -0.147. The first kappa shape index (κ1) is 19.1. The van der Waals surface area contributed by atoms with E-state index in [0.29, 0.717) is 12.3 Å². The van der Waals surface area contributed by atoms with E-state index < -0.39 is 0 Å². The highest BCUT2D eigenvalue weighted by atomic mass is 16.2. The van der Waals surface area contributed by atoms with Crippen LogP contribution in [0.25, 0.3) is 0 Å². The molecule has 0 unspecified atom stereocenters. The number of nitrogens with one attached hydrogen (secondary N) is 1. The summed E-state index contributed by atoms with van der Waals surface area (Å²) < 4.78 is 0. The van der Waals surface area contributed by atoms with Crippen LogP contribution in [0.15, 0.2) is 30.3 Å². The molecule has 5 fully saturated rings. The van der Waals surface area contributed by atoms with E-state index >= 15 is 0 Å². The van der Waals surface area contributed by atoms with Crippen LogP contribution in [-0.2, 0) is 16.0 Å². The van der Waals surface area contributed by atoms with Gasteiger partial charge >= 0.3 is 0 Å². The number of hydrogen-bond acceptors (Lipinski definition) is 2. The van der Waals surface area contributed by atoms with Crippen LogP contribution < -0.4 is 5.32 Å². The molecule has 4 nitrogen and oxygen atoms in total. The first-order chi connectivity index (χ1) is 14.1. The Bertz CT molecular complexity index is 716. The van der Waals surface area contributed by atoms with Crippen molar-refractivity contribution < 1.29 is 9.59 Å². The van der Waals surface area contributed by atoms with Crippen molar-refractivity contribution in [2.45, 2.75) is 70.3 Å². The van der Waals surface area contributed by atoms with Crippen molar-refractivity contribution in [1.82, 2.24) is 10.2 Å². The summed E-state index contributed by atoms with van der Waals surface area (Å²) in [6.45, 7) is 1.55. The van der Waals surface area contributed by atoms with E-state index in [1.165, 1.54) is 24.8 Å². The smallest absolute Gasteiger partial charge is 0.226 e. The Morgan fingerprint density at radius 3 is 2.10 bits per heavy atom. The summed E-state index contributed by atoms with van der Waals surface area (Å²) in [5.74, 6) is 2.99. The Labute approximate surface area is 174 Å². The van der Waals surface area contributed by atoms with E-state index in [1.807, 2.05) is 23.1 Å². The maximum atomic E-state index is 13.2. The fourth-order valence-corrected chi connectivity index (χ4v) is 7.05. The molecule has 1 heterocycles. The highest BCUT2D eigenvalue weighted by Crippen LogP contribution is 2.60. The van der Waals surface area contributed by atoms with Crippen LogP contribution in [-0.4, -0.2) is 35.8 Å². The zero-order valence-electron chi connectivity index (χ0n) is 17.4. The minimum Gasteiger partial charge on any atom is -0.353 e. The fraction of sp³-hybridized carbons (Fsp3) is 0.680. The van der Waals surface area contributed by atoms with Crippen LogP contribution >= 0.6 is 0 Å². The second-order valence-electron chi connectivity index (χ2n) is 10.3. The molecule has 1 N–H and O–H groups in total. The number of benzene rings is 1. The Hall–Kier alpha value is -1.84. The number of carbonyl (C=O) groups excluding carboxylic acids is 2. The summed E-state index contributed by atoms with van der Waals surface area (Å²) in [7, 11) is 0. The van der Waals surface area contributed by atoms with Gasteiger partial charge in [-0.2, -0.15) is 0 Å². The summed E-state index contributed by atoms with van der Waals surface area (Å²) in [5, 5.41) is 3.42. The number of piperidine rings is 1. The zero-order valence-corrected chi connectivity index (χ0v) is 17.4. The Kier molecular flexibility index (Phi) is 5.13. The maximum absolute atomic E-state index is 13.2. The number of rotatable bonds is 5. The van der Waals surface area contributed by atoms with Gasteiger partial charge in [0.25, 0.3) is 0 Å². The number of likely N-dealkylation sites (tertiary alicyclic amines) is 1. The van der Waals surface area contributed by atoms with Crippen molar-refractivity contribution in [1.29, 1.82) is 0 Å². The van der Waals surface area contributed by atoms with Gasteiger partial charge in [0, 0.05) is 31.0 Å². The highest BCUT2D eigenvalue weighted by molar-refractivity contribution is 5.83. The van der Waals surface area contributed by atoms with Crippen LogP contribution in [0.3, 0.4) is 0 Å². The lowest BCUT2D eigenvalue weighted by Gasteiger charge is -2.56. The number of aryl methyl sites for hydroxylation is 1. The normalized spacial score (nSPS) is 33.7. The Morgan fingerprint density at radius 2 is 1.52 bits per heavy atom. The second-order valence-corrected chi connectivity index (χ2v) is 10.3. The van der Waals surface area contributed by atoms with Crippen LogP contribution in [0.4, 0.5) is 0 Å². The van der Waals surface area contributed by atoms with Gasteiger partial charge in [-0.25, -0.2) is 0 Å². The van der Waals surface area contributed by atoms with Gasteiger partial charge in [0.2, 0.25) is 11.8 Å². The molecule has 4 bridgehead atoms. The largest absolute Gasteiger partial charge is 0.353 e. The van der Waals surface area contributed by atoms with E-state index in [-0.39, 0.29) is 17.4 Å². The number of hydrogen-bond donors (Lipinski definition) is 1. The highest BCUT2D eigenvalue weighted by Gasteiger charge is 2.54. The Balaban J connectivity index is 1.10. The number of carbonyl (C=O) groups is 2. The van der Waals surface area contributed by atoms with Crippen LogP contribution in [0.2, 0.25) is 0 Å². The SMILES string of the molecule is O=C(CCc1ccccc1)N1CCC(NC(=O)C23CC4CC(CC(C4)C2)C3)CC1. The van der Waals surface area contributed by atoms with Gasteiger partial charge in [-0.15, -0.1) is 0 Å². The van der Waals surface area contributed by atoms with E-state index in [1.54, 1.807) is 0 Å². The molecule has 1 aromatic carbocycles. The number of amides is 2. The standard InChI is InChI=1S/C25H34N2O2/c28-23(7-6-18-4-2-1-3-5-18)27-10-8-22(9-11-27)26-24(29)25-15-19-12-20(16-25)14-21(13-19)17-25/h1-5,19-22H,6-17H2,(H,26,29). The topological polar surface area (TPSA) is 49.4 Å². The second kappa shape index (κ2) is 7.77. The lowest BCUT2D eigenvalue weighted by atomic mass is 9.49. The van der Waals surface area contributed by atoms with Crippen molar-refractivity contribution >= 4 is 11.8 Å².